The van der Waals surface area contributed by atoms with Crippen molar-refractivity contribution in [2.45, 2.75) is 30.8 Å². The van der Waals surface area contributed by atoms with E-state index in [2.05, 4.69) is 21.7 Å². The van der Waals surface area contributed by atoms with Crippen LogP contribution in [0, 0.1) is 10.1 Å². The first kappa shape index (κ1) is 16.7. The predicted octanol–water partition coefficient (Wildman–Crippen LogP) is 4.79. The van der Waals surface area contributed by atoms with Crippen LogP contribution < -0.4 is 0 Å². The second-order valence-corrected chi connectivity index (χ2v) is 7.40. The maximum atomic E-state index is 10.9. The van der Waals surface area contributed by atoms with E-state index in [1.807, 2.05) is 30.5 Å². The molecule has 0 fully saturated rings. The van der Waals surface area contributed by atoms with Crippen LogP contribution in [0.4, 0.5) is 5.69 Å². The molecule has 124 valence electrons. The van der Waals surface area contributed by atoms with Crippen molar-refractivity contribution in [3.63, 3.8) is 0 Å². The van der Waals surface area contributed by atoms with Gasteiger partial charge in [0.2, 0.25) is 0 Å². The molecule has 1 atom stereocenters. The third-order valence-electron chi connectivity index (χ3n) is 3.61. The Balaban J connectivity index is 1.86. The average molecular weight is 360 g/mol. The normalized spacial score (nSPS) is 12.2. The summed E-state index contributed by atoms with van der Waals surface area (Å²) in [5.41, 5.74) is 1.01. The van der Waals surface area contributed by atoms with E-state index < -0.39 is 0 Å². The van der Waals surface area contributed by atoms with Gasteiger partial charge in [0.1, 0.15) is 0 Å². The molecule has 0 spiro atoms. The van der Waals surface area contributed by atoms with Crippen LogP contribution in [0.15, 0.2) is 46.9 Å². The van der Waals surface area contributed by atoms with E-state index in [9.17, 15) is 10.1 Å². The summed E-state index contributed by atoms with van der Waals surface area (Å²) in [5, 5.41) is 22.4. The minimum atomic E-state index is -0.371. The fourth-order valence-corrected chi connectivity index (χ4v) is 4.11. The highest BCUT2D eigenvalue weighted by molar-refractivity contribution is 7.99. The molecular weight excluding hydrogens is 344 g/mol. The van der Waals surface area contributed by atoms with Crippen molar-refractivity contribution < 1.29 is 4.92 Å². The zero-order valence-electron chi connectivity index (χ0n) is 13.2. The fraction of sp³-hybridized carbons (Fsp3) is 0.250. The number of hydrogen-bond acceptors (Lipinski definition) is 6. The summed E-state index contributed by atoms with van der Waals surface area (Å²) in [4.78, 5) is 11.7. The molecule has 0 aliphatic carbocycles. The SMILES string of the molecule is CCn1c(S[C@H](C)c2cccc([N+](=O)[O-])c2)nnc1-c1cccs1. The molecule has 24 heavy (non-hydrogen) atoms. The van der Waals surface area contributed by atoms with E-state index in [4.69, 9.17) is 0 Å². The second-order valence-electron chi connectivity index (χ2n) is 5.14. The summed E-state index contributed by atoms with van der Waals surface area (Å²) in [6, 6.07) is 10.8. The van der Waals surface area contributed by atoms with E-state index in [0.29, 0.717) is 0 Å². The van der Waals surface area contributed by atoms with Crippen molar-refractivity contribution in [3.8, 4) is 10.7 Å². The molecule has 0 aliphatic heterocycles. The second kappa shape index (κ2) is 7.14. The van der Waals surface area contributed by atoms with Gasteiger partial charge in [0, 0.05) is 23.9 Å². The molecule has 3 aromatic rings. The number of rotatable bonds is 6. The number of thiophene rings is 1. The van der Waals surface area contributed by atoms with Crippen LogP contribution in [0.2, 0.25) is 0 Å². The molecule has 8 heteroatoms. The Morgan fingerprint density at radius 2 is 2.17 bits per heavy atom. The van der Waals surface area contributed by atoms with Crippen LogP contribution in [0.5, 0.6) is 0 Å². The molecule has 1 aromatic carbocycles. The molecule has 0 bridgehead atoms. The van der Waals surface area contributed by atoms with Crippen LogP contribution in [0.3, 0.4) is 0 Å². The average Bonchev–Trinajstić information content (AvgIpc) is 3.23. The summed E-state index contributed by atoms with van der Waals surface area (Å²) in [7, 11) is 0. The summed E-state index contributed by atoms with van der Waals surface area (Å²) in [6.07, 6.45) is 0. The number of non-ortho nitro benzene ring substituents is 1. The summed E-state index contributed by atoms with van der Waals surface area (Å²) >= 11 is 3.19. The Morgan fingerprint density at radius 1 is 1.33 bits per heavy atom. The Hall–Kier alpha value is -2.19. The van der Waals surface area contributed by atoms with E-state index in [1.165, 1.54) is 6.07 Å². The van der Waals surface area contributed by atoms with Gasteiger partial charge < -0.3 is 4.57 Å². The molecule has 6 nitrogen and oxygen atoms in total. The molecule has 0 saturated carbocycles. The molecule has 3 rings (SSSR count). The Kier molecular flexibility index (Phi) is 4.96. The van der Waals surface area contributed by atoms with Gasteiger partial charge in [0.05, 0.1) is 9.80 Å². The smallest absolute Gasteiger partial charge is 0.269 e. The number of hydrogen-bond donors (Lipinski definition) is 0. The molecule has 0 aliphatic rings. The number of benzene rings is 1. The lowest BCUT2D eigenvalue weighted by molar-refractivity contribution is -0.384. The van der Waals surface area contributed by atoms with Crippen molar-refractivity contribution in [1.82, 2.24) is 14.8 Å². The molecule has 2 heterocycles. The van der Waals surface area contributed by atoms with Crippen LogP contribution >= 0.6 is 23.1 Å². The molecule has 2 aromatic heterocycles. The zero-order valence-corrected chi connectivity index (χ0v) is 14.9. The van der Waals surface area contributed by atoms with Crippen LogP contribution in [-0.2, 0) is 6.54 Å². The van der Waals surface area contributed by atoms with Gasteiger partial charge in [-0.25, -0.2) is 0 Å². The molecule has 0 N–H and O–H groups in total. The topological polar surface area (TPSA) is 73.8 Å². The van der Waals surface area contributed by atoms with Crippen molar-refractivity contribution in [1.29, 1.82) is 0 Å². The Bertz CT molecular complexity index is 846. The monoisotopic (exact) mass is 360 g/mol. The summed E-state index contributed by atoms with van der Waals surface area (Å²) < 4.78 is 2.07. The fourth-order valence-electron chi connectivity index (χ4n) is 2.37. The van der Waals surface area contributed by atoms with E-state index in [1.54, 1.807) is 35.2 Å². The van der Waals surface area contributed by atoms with Gasteiger partial charge >= 0.3 is 0 Å². The molecule has 0 amide bonds. The number of thioether (sulfide) groups is 1. The highest BCUT2D eigenvalue weighted by Crippen LogP contribution is 2.36. The number of aromatic nitrogens is 3. The quantitative estimate of drug-likeness (QED) is 0.359. The third-order valence-corrected chi connectivity index (χ3v) is 5.61. The van der Waals surface area contributed by atoms with Gasteiger partial charge in [-0.2, -0.15) is 0 Å². The van der Waals surface area contributed by atoms with Gasteiger partial charge in [-0.05, 0) is 30.9 Å². The molecule has 0 radical (unpaired) electrons. The van der Waals surface area contributed by atoms with Crippen LogP contribution in [-0.4, -0.2) is 19.7 Å². The van der Waals surface area contributed by atoms with Gasteiger partial charge in [0.15, 0.2) is 11.0 Å². The van der Waals surface area contributed by atoms with Gasteiger partial charge in [-0.15, -0.1) is 21.5 Å². The Morgan fingerprint density at radius 3 is 2.83 bits per heavy atom. The molecule has 0 unspecified atom stereocenters. The van der Waals surface area contributed by atoms with Crippen LogP contribution in [0.1, 0.15) is 24.7 Å². The number of nitro groups is 1. The van der Waals surface area contributed by atoms with Crippen molar-refractivity contribution >= 4 is 28.8 Å². The van der Waals surface area contributed by atoms with Crippen molar-refractivity contribution in [2.24, 2.45) is 0 Å². The highest BCUT2D eigenvalue weighted by atomic mass is 32.2. The van der Waals surface area contributed by atoms with Crippen molar-refractivity contribution in [2.75, 3.05) is 0 Å². The molecular formula is C16H16N4O2S2. The van der Waals surface area contributed by atoms with Gasteiger partial charge in [-0.1, -0.05) is 30.0 Å². The predicted molar refractivity (Wildman–Crippen MR) is 96.4 cm³/mol. The number of nitro benzene ring substituents is 1. The summed E-state index contributed by atoms with van der Waals surface area (Å²) in [6.45, 7) is 4.84. The minimum Gasteiger partial charge on any atom is -0.302 e. The van der Waals surface area contributed by atoms with E-state index in [0.717, 1.165) is 28.0 Å². The maximum Gasteiger partial charge on any atom is 0.269 e. The lowest BCUT2D eigenvalue weighted by atomic mass is 10.1. The summed E-state index contributed by atoms with van der Waals surface area (Å²) in [5.74, 6) is 0.862. The largest absolute Gasteiger partial charge is 0.302 e. The first-order valence-corrected chi connectivity index (χ1v) is 9.24. The Labute approximate surface area is 147 Å². The van der Waals surface area contributed by atoms with Crippen LogP contribution in [0.25, 0.3) is 10.7 Å². The van der Waals surface area contributed by atoms with Gasteiger partial charge in [0.25, 0.3) is 5.69 Å². The first-order chi connectivity index (χ1) is 11.6. The van der Waals surface area contributed by atoms with Crippen molar-refractivity contribution in [3.05, 3.63) is 57.5 Å². The molecule has 0 saturated heterocycles. The van der Waals surface area contributed by atoms with Gasteiger partial charge in [-0.3, -0.25) is 10.1 Å². The lowest BCUT2D eigenvalue weighted by Crippen LogP contribution is -2.00. The van der Waals surface area contributed by atoms with E-state index in [-0.39, 0.29) is 15.9 Å². The standard InChI is InChI=1S/C16H16N4O2S2/c1-3-19-15(14-8-5-9-23-14)17-18-16(19)24-11(2)12-6-4-7-13(10-12)20(21)22/h4-11H,3H2,1-2H3/t11-/m1/s1. The lowest BCUT2D eigenvalue weighted by Gasteiger charge is -2.12. The minimum absolute atomic E-state index is 0.0376. The highest BCUT2D eigenvalue weighted by Gasteiger charge is 2.18. The first-order valence-electron chi connectivity index (χ1n) is 7.48. The van der Waals surface area contributed by atoms with E-state index >= 15 is 0 Å². The zero-order chi connectivity index (χ0) is 17.1. The number of nitrogens with zero attached hydrogens (tertiary/aromatic N) is 4. The third kappa shape index (κ3) is 3.34. The maximum absolute atomic E-state index is 10.9.